The van der Waals surface area contributed by atoms with Crippen LogP contribution in [0.1, 0.15) is 46.1 Å². The molecule has 8 nitrogen and oxygen atoms in total. The van der Waals surface area contributed by atoms with Crippen LogP contribution in [0, 0.1) is 0 Å². The maximum atomic E-state index is 13.3. The lowest BCUT2D eigenvalue weighted by atomic mass is 9.95. The molecule has 1 aliphatic rings. The molecule has 0 saturated carbocycles. The van der Waals surface area contributed by atoms with E-state index in [1.165, 1.54) is 28.0 Å². The summed E-state index contributed by atoms with van der Waals surface area (Å²) < 4.78 is 7.24. The molecule has 10 heteroatoms. The minimum Gasteiger partial charge on any atom is -0.497 e. The molecule has 0 spiro atoms. The average molecular weight is 562 g/mol. The number of aryl methyl sites for hydroxylation is 1. The van der Waals surface area contributed by atoms with Crippen LogP contribution in [0.15, 0.2) is 59.8 Å². The highest BCUT2D eigenvalue weighted by Gasteiger charge is 2.26. The Hall–Kier alpha value is -3.63. The number of amides is 2. The molecule has 202 valence electrons. The SMILES string of the molecule is CCn1c(SCC(=O)Nc2sc3c(c2C(=O)NCc2ccccc2)CCCC3)nnc1-c1ccc(OC)cc1. The first-order chi connectivity index (χ1) is 19.1. The molecule has 0 bridgehead atoms. The summed E-state index contributed by atoms with van der Waals surface area (Å²) in [5.41, 5.74) is 3.65. The Balaban J connectivity index is 1.28. The van der Waals surface area contributed by atoms with Crippen LogP contribution in [0.4, 0.5) is 5.00 Å². The molecule has 2 N–H and O–H groups in total. The molecule has 0 radical (unpaired) electrons. The highest BCUT2D eigenvalue weighted by Crippen LogP contribution is 2.38. The molecule has 0 aliphatic heterocycles. The van der Waals surface area contributed by atoms with Crippen molar-refractivity contribution in [1.82, 2.24) is 20.1 Å². The van der Waals surface area contributed by atoms with Gasteiger partial charge in [-0.3, -0.25) is 9.59 Å². The number of ether oxygens (including phenoxy) is 1. The van der Waals surface area contributed by atoms with E-state index < -0.39 is 0 Å². The summed E-state index contributed by atoms with van der Waals surface area (Å²) in [6.45, 7) is 3.13. The fraction of sp³-hybridized carbons (Fsp3) is 0.310. The van der Waals surface area contributed by atoms with Gasteiger partial charge in [0.05, 0.1) is 18.4 Å². The van der Waals surface area contributed by atoms with Gasteiger partial charge in [-0.1, -0.05) is 42.1 Å². The molecule has 2 amide bonds. The van der Waals surface area contributed by atoms with E-state index in [0.717, 1.165) is 53.9 Å². The highest BCUT2D eigenvalue weighted by atomic mass is 32.2. The van der Waals surface area contributed by atoms with E-state index in [9.17, 15) is 9.59 Å². The number of thioether (sulfide) groups is 1. The molecule has 0 unspecified atom stereocenters. The quantitative estimate of drug-likeness (QED) is 0.246. The zero-order chi connectivity index (χ0) is 27.2. The van der Waals surface area contributed by atoms with Crippen molar-refractivity contribution < 1.29 is 14.3 Å². The normalized spacial score (nSPS) is 12.6. The van der Waals surface area contributed by atoms with Gasteiger partial charge in [-0.25, -0.2) is 0 Å². The smallest absolute Gasteiger partial charge is 0.254 e. The number of carbonyl (C=O) groups excluding carboxylic acids is 2. The minimum absolute atomic E-state index is 0.143. The lowest BCUT2D eigenvalue weighted by Gasteiger charge is -2.13. The van der Waals surface area contributed by atoms with E-state index in [1.807, 2.05) is 66.1 Å². The van der Waals surface area contributed by atoms with Crippen molar-refractivity contribution in [3.8, 4) is 17.1 Å². The zero-order valence-corrected chi connectivity index (χ0v) is 23.7. The number of aromatic nitrogens is 3. The first-order valence-corrected chi connectivity index (χ1v) is 14.8. The summed E-state index contributed by atoms with van der Waals surface area (Å²) in [7, 11) is 1.63. The van der Waals surface area contributed by atoms with E-state index in [1.54, 1.807) is 7.11 Å². The van der Waals surface area contributed by atoms with Gasteiger partial charge in [-0.05, 0) is 68.0 Å². The van der Waals surface area contributed by atoms with Crippen LogP contribution in [0.2, 0.25) is 0 Å². The molecule has 2 aromatic heterocycles. The van der Waals surface area contributed by atoms with Crippen molar-refractivity contribution in [1.29, 1.82) is 0 Å². The predicted octanol–water partition coefficient (Wildman–Crippen LogP) is 5.57. The van der Waals surface area contributed by atoms with Gasteiger partial charge in [0.15, 0.2) is 11.0 Å². The fourth-order valence-corrected chi connectivity index (χ4v) is 6.79. The van der Waals surface area contributed by atoms with Crippen molar-refractivity contribution in [3.63, 3.8) is 0 Å². The number of methoxy groups -OCH3 is 1. The Morgan fingerprint density at radius 2 is 1.82 bits per heavy atom. The zero-order valence-electron chi connectivity index (χ0n) is 22.0. The van der Waals surface area contributed by atoms with E-state index in [0.29, 0.717) is 28.8 Å². The van der Waals surface area contributed by atoms with E-state index in [4.69, 9.17) is 4.74 Å². The van der Waals surface area contributed by atoms with E-state index >= 15 is 0 Å². The molecular formula is C29H31N5O3S2. The van der Waals surface area contributed by atoms with Crippen molar-refractivity contribution in [2.45, 2.75) is 50.9 Å². The number of anilines is 1. The molecule has 0 atom stereocenters. The fourth-order valence-electron chi connectivity index (χ4n) is 4.69. The largest absolute Gasteiger partial charge is 0.497 e. The van der Waals surface area contributed by atoms with Crippen LogP contribution in [-0.2, 0) is 30.7 Å². The molecular weight excluding hydrogens is 530 g/mol. The van der Waals surface area contributed by atoms with Gasteiger partial charge < -0.3 is 19.9 Å². The standard InChI is InChI=1S/C29H31N5O3S2/c1-3-34-26(20-13-15-21(37-2)16-14-20)32-33-29(34)38-18-24(35)31-28-25(22-11-7-8-12-23(22)39-28)27(36)30-17-19-9-5-4-6-10-19/h4-6,9-10,13-16H,3,7-8,11-12,17-18H2,1-2H3,(H,30,36)(H,31,35). The number of fused-ring (bicyclic) bond motifs is 1. The van der Waals surface area contributed by atoms with E-state index in [-0.39, 0.29) is 17.6 Å². The Kier molecular flexibility index (Phi) is 8.63. The molecule has 0 saturated heterocycles. The van der Waals surface area contributed by atoms with Gasteiger partial charge in [-0.15, -0.1) is 21.5 Å². The summed E-state index contributed by atoms with van der Waals surface area (Å²) in [6.07, 6.45) is 3.95. The van der Waals surface area contributed by atoms with Gasteiger partial charge in [0, 0.05) is 23.5 Å². The van der Waals surface area contributed by atoms with Crippen molar-refractivity contribution in [2.24, 2.45) is 0 Å². The maximum absolute atomic E-state index is 13.3. The lowest BCUT2D eigenvalue weighted by molar-refractivity contribution is -0.113. The van der Waals surface area contributed by atoms with Crippen LogP contribution in [0.3, 0.4) is 0 Å². The Morgan fingerprint density at radius 1 is 1.05 bits per heavy atom. The number of nitrogens with zero attached hydrogens (tertiary/aromatic N) is 3. The molecule has 4 aromatic rings. The maximum Gasteiger partial charge on any atom is 0.254 e. The topological polar surface area (TPSA) is 98.1 Å². The average Bonchev–Trinajstić information content (AvgIpc) is 3.56. The monoisotopic (exact) mass is 561 g/mol. The minimum atomic E-state index is -0.174. The van der Waals surface area contributed by atoms with Crippen molar-refractivity contribution >= 4 is 39.9 Å². The van der Waals surface area contributed by atoms with Gasteiger partial charge in [0.1, 0.15) is 10.8 Å². The van der Waals surface area contributed by atoms with Crippen LogP contribution >= 0.6 is 23.1 Å². The molecule has 2 heterocycles. The van der Waals surface area contributed by atoms with Gasteiger partial charge in [0.2, 0.25) is 5.91 Å². The van der Waals surface area contributed by atoms with Crippen molar-refractivity contribution in [3.05, 3.63) is 76.2 Å². The highest BCUT2D eigenvalue weighted by molar-refractivity contribution is 7.99. The Labute approximate surface area is 236 Å². The second-order valence-corrected chi connectivity index (χ2v) is 11.2. The van der Waals surface area contributed by atoms with Gasteiger partial charge >= 0.3 is 0 Å². The third kappa shape index (κ3) is 6.17. The third-order valence-corrected chi connectivity index (χ3v) is 8.83. The van der Waals surface area contributed by atoms with Crippen LogP contribution in [0.5, 0.6) is 5.75 Å². The molecule has 2 aromatic carbocycles. The Bertz CT molecular complexity index is 1450. The van der Waals surface area contributed by atoms with E-state index in [2.05, 4.69) is 20.8 Å². The molecule has 1 aliphatic carbocycles. The third-order valence-electron chi connectivity index (χ3n) is 6.66. The summed E-state index contributed by atoms with van der Waals surface area (Å²) >= 11 is 2.86. The molecule has 5 rings (SSSR count). The number of nitrogens with one attached hydrogen (secondary N) is 2. The second-order valence-electron chi connectivity index (χ2n) is 9.20. The first kappa shape index (κ1) is 27.0. The molecule has 39 heavy (non-hydrogen) atoms. The summed E-state index contributed by atoms with van der Waals surface area (Å²) in [6, 6.07) is 17.5. The molecule has 0 fully saturated rings. The number of thiophene rings is 1. The lowest BCUT2D eigenvalue weighted by Crippen LogP contribution is -2.25. The number of hydrogen-bond donors (Lipinski definition) is 2. The predicted molar refractivity (Wildman–Crippen MR) is 156 cm³/mol. The Morgan fingerprint density at radius 3 is 2.56 bits per heavy atom. The van der Waals surface area contributed by atoms with Crippen LogP contribution in [0.25, 0.3) is 11.4 Å². The van der Waals surface area contributed by atoms with Crippen LogP contribution < -0.4 is 15.4 Å². The summed E-state index contributed by atoms with van der Waals surface area (Å²) in [5, 5.41) is 16.1. The van der Waals surface area contributed by atoms with Gasteiger partial charge in [0.25, 0.3) is 5.91 Å². The number of rotatable bonds is 10. The number of carbonyl (C=O) groups is 2. The second kappa shape index (κ2) is 12.5. The number of hydrogen-bond acceptors (Lipinski definition) is 7. The summed E-state index contributed by atoms with van der Waals surface area (Å²) in [5.74, 6) is 1.36. The number of benzene rings is 2. The van der Waals surface area contributed by atoms with Gasteiger partial charge in [-0.2, -0.15) is 0 Å². The van der Waals surface area contributed by atoms with Crippen LogP contribution in [-0.4, -0.2) is 39.4 Å². The first-order valence-electron chi connectivity index (χ1n) is 13.0. The summed E-state index contributed by atoms with van der Waals surface area (Å²) in [4.78, 5) is 27.6. The van der Waals surface area contributed by atoms with Crippen molar-refractivity contribution in [2.75, 3.05) is 18.2 Å².